The van der Waals surface area contributed by atoms with E-state index in [1.54, 1.807) is 6.07 Å². The van der Waals surface area contributed by atoms with E-state index >= 15 is 0 Å². The highest BCUT2D eigenvalue weighted by atomic mass is 35.5. The van der Waals surface area contributed by atoms with Gasteiger partial charge in [-0.15, -0.1) is 11.3 Å². The molecule has 2 nitrogen and oxygen atoms in total. The van der Waals surface area contributed by atoms with Crippen molar-refractivity contribution < 1.29 is 4.79 Å². The van der Waals surface area contributed by atoms with Crippen molar-refractivity contribution in [2.75, 3.05) is 6.54 Å². The summed E-state index contributed by atoms with van der Waals surface area (Å²) < 4.78 is 0.475. The molecule has 1 heterocycles. The van der Waals surface area contributed by atoms with Crippen LogP contribution in [0.4, 0.5) is 0 Å². The second-order valence-electron chi connectivity index (χ2n) is 4.61. The maximum atomic E-state index is 11.8. The molecular weight excluding hydrogens is 301 g/mol. The zero-order valence-corrected chi connectivity index (χ0v) is 13.6. The lowest BCUT2D eigenvalue weighted by molar-refractivity contribution is 0.0957. The number of hydrogen-bond donors (Lipinski definition) is 1. The molecule has 0 fully saturated rings. The maximum Gasteiger partial charge on any atom is 0.261 e. The fourth-order valence-electron chi connectivity index (χ4n) is 1.83. The molecule has 0 aliphatic rings. The molecule has 0 atom stereocenters. The van der Waals surface area contributed by atoms with Crippen LogP contribution in [0.3, 0.4) is 0 Å². The Labute approximate surface area is 129 Å². The number of hydrogen-bond acceptors (Lipinski definition) is 2. The number of amides is 1. The van der Waals surface area contributed by atoms with Gasteiger partial charge in [-0.1, -0.05) is 68.7 Å². The molecule has 0 saturated heterocycles. The summed E-state index contributed by atoms with van der Waals surface area (Å²) in [7, 11) is 0. The van der Waals surface area contributed by atoms with E-state index in [9.17, 15) is 4.79 Å². The molecule has 1 rings (SSSR count). The van der Waals surface area contributed by atoms with Crippen LogP contribution in [0, 0.1) is 0 Å². The Hall–Kier alpha value is -0.250. The van der Waals surface area contributed by atoms with Gasteiger partial charge >= 0.3 is 0 Å². The summed E-state index contributed by atoms with van der Waals surface area (Å²) in [6.07, 6.45) is 8.71. The molecule has 19 heavy (non-hydrogen) atoms. The summed E-state index contributed by atoms with van der Waals surface area (Å²) in [6.45, 7) is 2.94. The van der Waals surface area contributed by atoms with E-state index in [0.717, 1.165) is 13.0 Å². The van der Waals surface area contributed by atoms with Gasteiger partial charge in [0.25, 0.3) is 5.91 Å². The summed E-state index contributed by atoms with van der Waals surface area (Å²) in [6, 6.07) is 1.62. The van der Waals surface area contributed by atoms with E-state index in [-0.39, 0.29) is 5.91 Å². The molecule has 0 aliphatic carbocycles. The normalized spacial score (nSPS) is 10.7. The van der Waals surface area contributed by atoms with Crippen LogP contribution in [-0.2, 0) is 0 Å². The minimum absolute atomic E-state index is 0.0789. The number of carbonyl (C=O) groups is 1. The van der Waals surface area contributed by atoms with Gasteiger partial charge in [-0.2, -0.15) is 0 Å². The maximum absolute atomic E-state index is 11.8. The van der Waals surface area contributed by atoms with Crippen LogP contribution in [0.5, 0.6) is 0 Å². The summed E-state index contributed by atoms with van der Waals surface area (Å²) in [5.41, 5.74) is 0. The Morgan fingerprint density at radius 1 is 1.16 bits per heavy atom. The number of thiophene rings is 1. The van der Waals surface area contributed by atoms with Crippen LogP contribution >= 0.6 is 34.5 Å². The van der Waals surface area contributed by atoms with Crippen molar-refractivity contribution in [2.24, 2.45) is 0 Å². The van der Waals surface area contributed by atoms with Crippen molar-refractivity contribution in [3.63, 3.8) is 0 Å². The van der Waals surface area contributed by atoms with Crippen LogP contribution < -0.4 is 5.32 Å². The summed E-state index contributed by atoms with van der Waals surface area (Å²) >= 11 is 12.9. The molecule has 1 N–H and O–H groups in total. The summed E-state index contributed by atoms with van der Waals surface area (Å²) in [5.74, 6) is -0.0789. The summed E-state index contributed by atoms with van der Waals surface area (Å²) in [5, 5.41) is 3.35. The first-order chi connectivity index (χ1) is 9.15. The average molecular weight is 322 g/mol. The van der Waals surface area contributed by atoms with E-state index in [2.05, 4.69) is 12.2 Å². The number of unbranched alkanes of at least 4 members (excludes halogenated alkanes) is 6. The molecule has 0 spiro atoms. The van der Waals surface area contributed by atoms with Gasteiger partial charge in [0.2, 0.25) is 0 Å². The first-order valence-electron chi connectivity index (χ1n) is 6.88. The fraction of sp³-hybridized carbons (Fsp3) is 0.643. The molecule has 108 valence electrons. The molecule has 0 aromatic carbocycles. The molecule has 1 aromatic rings. The van der Waals surface area contributed by atoms with Gasteiger partial charge in [0.05, 0.1) is 9.90 Å². The van der Waals surface area contributed by atoms with Crippen molar-refractivity contribution in [3.05, 3.63) is 20.3 Å². The molecule has 5 heteroatoms. The Kier molecular flexibility index (Phi) is 8.51. The summed E-state index contributed by atoms with van der Waals surface area (Å²) in [4.78, 5) is 12.3. The molecule has 1 amide bonds. The van der Waals surface area contributed by atoms with Gasteiger partial charge in [-0.3, -0.25) is 4.79 Å². The Morgan fingerprint density at radius 2 is 1.79 bits per heavy atom. The smallest absolute Gasteiger partial charge is 0.261 e. The first-order valence-corrected chi connectivity index (χ1v) is 8.45. The van der Waals surface area contributed by atoms with Gasteiger partial charge in [-0.25, -0.2) is 0 Å². The van der Waals surface area contributed by atoms with Crippen molar-refractivity contribution in [1.29, 1.82) is 0 Å². The van der Waals surface area contributed by atoms with Crippen LogP contribution in [-0.4, -0.2) is 12.5 Å². The molecular formula is C14H21Cl2NOS. The van der Waals surface area contributed by atoms with Gasteiger partial charge < -0.3 is 5.32 Å². The fourth-order valence-corrected chi connectivity index (χ4v) is 3.11. The van der Waals surface area contributed by atoms with E-state index in [0.29, 0.717) is 14.2 Å². The Balaban J connectivity index is 2.08. The number of halogens is 2. The third-order valence-corrected chi connectivity index (χ3v) is 4.80. The van der Waals surface area contributed by atoms with Crippen molar-refractivity contribution in [3.8, 4) is 0 Å². The molecule has 0 saturated carbocycles. The topological polar surface area (TPSA) is 29.1 Å². The molecule has 0 bridgehead atoms. The lowest BCUT2D eigenvalue weighted by Gasteiger charge is -2.03. The van der Waals surface area contributed by atoms with Crippen LogP contribution in [0.1, 0.15) is 61.5 Å². The zero-order valence-electron chi connectivity index (χ0n) is 11.3. The van der Waals surface area contributed by atoms with Crippen LogP contribution in [0.15, 0.2) is 6.07 Å². The third-order valence-electron chi connectivity index (χ3n) is 2.93. The predicted octanol–water partition coefficient (Wildman–Crippen LogP) is 5.54. The monoisotopic (exact) mass is 321 g/mol. The Bertz CT molecular complexity index is 373. The molecule has 1 aromatic heterocycles. The molecule has 0 aliphatic heterocycles. The number of carbonyl (C=O) groups excluding carboxylic acids is 1. The second kappa shape index (κ2) is 9.62. The highest BCUT2D eigenvalue weighted by Gasteiger charge is 2.11. The minimum Gasteiger partial charge on any atom is -0.351 e. The van der Waals surface area contributed by atoms with Crippen molar-refractivity contribution in [1.82, 2.24) is 5.32 Å². The van der Waals surface area contributed by atoms with Gasteiger partial charge in [-0.05, 0) is 12.5 Å². The average Bonchev–Trinajstić information content (AvgIpc) is 2.73. The SMILES string of the molecule is CCCCCCCCCNC(=O)c1cc(Cl)c(Cl)s1. The minimum atomic E-state index is -0.0789. The number of nitrogens with one attached hydrogen (secondary N) is 1. The molecule has 0 radical (unpaired) electrons. The van der Waals surface area contributed by atoms with Gasteiger partial charge in [0.15, 0.2) is 0 Å². The van der Waals surface area contributed by atoms with E-state index in [1.165, 1.54) is 49.9 Å². The highest BCUT2D eigenvalue weighted by molar-refractivity contribution is 7.18. The van der Waals surface area contributed by atoms with E-state index in [1.807, 2.05) is 0 Å². The first kappa shape index (κ1) is 16.8. The van der Waals surface area contributed by atoms with Crippen LogP contribution in [0.25, 0.3) is 0 Å². The third kappa shape index (κ3) is 6.64. The van der Waals surface area contributed by atoms with Crippen molar-refractivity contribution in [2.45, 2.75) is 51.9 Å². The zero-order chi connectivity index (χ0) is 14.1. The second-order valence-corrected chi connectivity index (χ2v) is 6.67. The Morgan fingerprint density at radius 3 is 2.37 bits per heavy atom. The van der Waals surface area contributed by atoms with E-state index in [4.69, 9.17) is 23.2 Å². The lowest BCUT2D eigenvalue weighted by Crippen LogP contribution is -2.23. The lowest BCUT2D eigenvalue weighted by atomic mass is 10.1. The standard InChI is InChI=1S/C14H21Cl2NOS/c1-2-3-4-5-6-7-8-9-17-14(18)12-10-11(15)13(16)19-12/h10H,2-9H2,1H3,(H,17,18). The van der Waals surface area contributed by atoms with Gasteiger partial charge in [0.1, 0.15) is 4.34 Å². The van der Waals surface area contributed by atoms with Crippen LogP contribution in [0.2, 0.25) is 9.36 Å². The van der Waals surface area contributed by atoms with E-state index < -0.39 is 0 Å². The predicted molar refractivity (Wildman–Crippen MR) is 84.7 cm³/mol. The largest absolute Gasteiger partial charge is 0.351 e. The molecule has 0 unspecified atom stereocenters. The number of rotatable bonds is 9. The quantitative estimate of drug-likeness (QED) is 0.595. The highest BCUT2D eigenvalue weighted by Crippen LogP contribution is 2.31. The van der Waals surface area contributed by atoms with Gasteiger partial charge in [0, 0.05) is 6.54 Å². The van der Waals surface area contributed by atoms with Crippen molar-refractivity contribution >= 4 is 40.4 Å².